The van der Waals surface area contributed by atoms with Crippen molar-refractivity contribution in [3.05, 3.63) is 12.2 Å². The molecule has 0 aromatic rings. The minimum absolute atomic E-state index is 0.0645. The summed E-state index contributed by atoms with van der Waals surface area (Å²) in [5, 5.41) is 13.8. The molecular weight excluding hydrogens is 780 g/mol. The molecule has 9 heteroatoms. The standard InChI is InChI=1S/C52H105N2O6P/c1-6-8-10-12-14-16-17-18-19-20-21-22-23-24-25-26-27-28-29-30-31-32-33-34-35-36-38-39-41-43-45-51(55)50(49-60-61(57,58)59-48-47-54(3,4)5)53-52(56)46-44-42-40-37-15-13-11-9-7-2/h43,45,50-51,55H,6-42,44,46-49H2,1-5H3,(H-,53,56,57,58)/p+1/b45-43+. The molecule has 1 amide bonds. The van der Waals surface area contributed by atoms with Crippen molar-refractivity contribution in [1.29, 1.82) is 0 Å². The third-order valence-electron chi connectivity index (χ3n) is 12.3. The van der Waals surface area contributed by atoms with E-state index in [1.807, 2.05) is 27.2 Å². The van der Waals surface area contributed by atoms with E-state index in [2.05, 4.69) is 19.2 Å². The van der Waals surface area contributed by atoms with E-state index in [9.17, 15) is 19.4 Å². The van der Waals surface area contributed by atoms with E-state index in [-0.39, 0.29) is 19.1 Å². The van der Waals surface area contributed by atoms with Crippen LogP contribution in [0.5, 0.6) is 0 Å². The maximum absolute atomic E-state index is 12.8. The van der Waals surface area contributed by atoms with Crippen LogP contribution in [-0.2, 0) is 18.4 Å². The van der Waals surface area contributed by atoms with Crippen LogP contribution in [0.15, 0.2) is 12.2 Å². The highest BCUT2D eigenvalue weighted by Gasteiger charge is 2.27. The Labute approximate surface area is 380 Å². The van der Waals surface area contributed by atoms with Gasteiger partial charge < -0.3 is 19.8 Å². The van der Waals surface area contributed by atoms with E-state index in [4.69, 9.17) is 9.05 Å². The summed E-state index contributed by atoms with van der Waals surface area (Å²) >= 11 is 0. The van der Waals surface area contributed by atoms with Crippen LogP contribution >= 0.6 is 7.82 Å². The second kappa shape index (κ2) is 44.4. The highest BCUT2D eigenvalue weighted by molar-refractivity contribution is 7.47. The SMILES string of the molecule is CCCCCCCCCCCCCCCCCCCCCCCCCCCCCC/C=C/C(O)C(COP(=O)(O)OCC[N+](C)(C)C)NC(=O)CCCCCCCCCCC. The van der Waals surface area contributed by atoms with Gasteiger partial charge in [-0.15, -0.1) is 0 Å². The molecular formula is C52H106N2O6P+. The quantitative estimate of drug-likeness (QED) is 0.0243. The molecule has 0 saturated carbocycles. The predicted molar refractivity (Wildman–Crippen MR) is 263 cm³/mol. The highest BCUT2D eigenvalue weighted by Crippen LogP contribution is 2.43. The first-order valence-electron chi connectivity index (χ1n) is 26.6. The number of unbranched alkanes of at least 4 members (excludes halogenated alkanes) is 36. The van der Waals surface area contributed by atoms with Crippen LogP contribution in [0.2, 0.25) is 0 Å². The number of rotatable bonds is 49. The number of likely N-dealkylation sites (N-methyl/N-ethyl adjacent to an activating group) is 1. The lowest BCUT2D eigenvalue weighted by molar-refractivity contribution is -0.870. The molecule has 0 aromatic carbocycles. The molecule has 3 N–H and O–H groups in total. The van der Waals surface area contributed by atoms with Crippen molar-refractivity contribution in [2.24, 2.45) is 0 Å². The van der Waals surface area contributed by atoms with Crippen LogP contribution in [0, 0.1) is 0 Å². The Kier molecular flexibility index (Phi) is 43.9. The van der Waals surface area contributed by atoms with E-state index < -0.39 is 20.0 Å². The van der Waals surface area contributed by atoms with Gasteiger partial charge in [0.1, 0.15) is 13.2 Å². The van der Waals surface area contributed by atoms with Gasteiger partial charge in [0, 0.05) is 6.42 Å². The van der Waals surface area contributed by atoms with Crippen LogP contribution in [0.3, 0.4) is 0 Å². The summed E-state index contributed by atoms with van der Waals surface area (Å²) in [6.45, 7) is 4.82. The Balaban J connectivity index is 4.01. The van der Waals surface area contributed by atoms with Gasteiger partial charge in [0.15, 0.2) is 0 Å². The number of phosphoric ester groups is 1. The number of carbonyl (C=O) groups excluding carboxylic acids is 1. The van der Waals surface area contributed by atoms with E-state index in [0.717, 1.165) is 32.1 Å². The Morgan fingerprint density at radius 2 is 0.869 bits per heavy atom. The summed E-state index contributed by atoms with van der Waals surface area (Å²) in [5.74, 6) is -0.177. The summed E-state index contributed by atoms with van der Waals surface area (Å²) in [5.41, 5.74) is 0. The van der Waals surface area contributed by atoms with E-state index in [1.54, 1.807) is 6.08 Å². The van der Waals surface area contributed by atoms with Gasteiger partial charge in [-0.05, 0) is 19.3 Å². The second-order valence-electron chi connectivity index (χ2n) is 19.6. The molecule has 0 bridgehead atoms. The lowest BCUT2D eigenvalue weighted by atomic mass is 10.0. The zero-order valence-corrected chi connectivity index (χ0v) is 42.3. The van der Waals surface area contributed by atoms with Gasteiger partial charge in [-0.1, -0.05) is 251 Å². The number of phosphoric acid groups is 1. The van der Waals surface area contributed by atoms with Gasteiger partial charge in [-0.25, -0.2) is 4.57 Å². The lowest BCUT2D eigenvalue weighted by Crippen LogP contribution is -2.45. The van der Waals surface area contributed by atoms with Gasteiger partial charge in [0.05, 0.1) is 39.9 Å². The van der Waals surface area contributed by atoms with E-state index in [1.165, 1.54) is 212 Å². The number of amides is 1. The Bertz CT molecular complexity index is 1000. The van der Waals surface area contributed by atoms with Crippen molar-refractivity contribution in [2.45, 2.75) is 276 Å². The van der Waals surface area contributed by atoms with Gasteiger partial charge in [-0.2, -0.15) is 0 Å². The fraction of sp³-hybridized carbons (Fsp3) is 0.942. The molecule has 0 aliphatic rings. The molecule has 3 unspecified atom stereocenters. The molecule has 0 heterocycles. The predicted octanol–water partition coefficient (Wildman–Crippen LogP) is 15.5. The summed E-state index contributed by atoms with van der Waals surface area (Å²) in [7, 11) is 1.58. The first-order chi connectivity index (χ1) is 29.5. The molecule has 0 aliphatic carbocycles. The average Bonchev–Trinajstić information content (AvgIpc) is 3.21. The largest absolute Gasteiger partial charge is 0.472 e. The molecule has 0 spiro atoms. The molecule has 61 heavy (non-hydrogen) atoms. The van der Waals surface area contributed by atoms with Crippen molar-refractivity contribution in [1.82, 2.24) is 5.32 Å². The number of quaternary nitrogens is 1. The summed E-state index contributed by atoms with van der Waals surface area (Å²) < 4.78 is 23.6. The number of aliphatic hydroxyl groups is 1. The minimum Gasteiger partial charge on any atom is -0.387 e. The molecule has 0 rings (SSSR count). The number of hydrogen-bond donors (Lipinski definition) is 3. The van der Waals surface area contributed by atoms with E-state index >= 15 is 0 Å². The molecule has 0 saturated heterocycles. The normalized spacial score (nSPS) is 14.1. The molecule has 0 fully saturated rings. The van der Waals surface area contributed by atoms with Crippen molar-refractivity contribution in [2.75, 3.05) is 40.9 Å². The molecule has 0 aliphatic heterocycles. The van der Waals surface area contributed by atoms with Crippen molar-refractivity contribution in [3.63, 3.8) is 0 Å². The summed E-state index contributed by atoms with van der Waals surface area (Å²) in [6, 6.07) is -0.839. The lowest BCUT2D eigenvalue weighted by Gasteiger charge is -2.25. The second-order valence-corrected chi connectivity index (χ2v) is 21.1. The van der Waals surface area contributed by atoms with Crippen molar-refractivity contribution >= 4 is 13.7 Å². The van der Waals surface area contributed by atoms with Gasteiger partial charge >= 0.3 is 7.82 Å². The van der Waals surface area contributed by atoms with Crippen LogP contribution in [0.1, 0.15) is 264 Å². The Hall–Kier alpha value is -0.760. The summed E-state index contributed by atoms with van der Waals surface area (Å²) in [4.78, 5) is 23.1. The topological polar surface area (TPSA) is 105 Å². The fourth-order valence-corrected chi connectivity index (χ4v) is 8.78. The van der Waals surface area contributed by atoms with E-state index in [0.29, 0.717) is 17.4 Å². The maximum atomic E-state index is 12.8. The van der Waals surface area contributed by atoms with Gasteiger partial charge in [0.25, 0.3) is 0 Å². The Morgan fingerprint density at radius 3 is 1.21 bits per heavy atom. The fourth-order valence-electron chi connectivity index (χ4n) is 8.04. The van der Waals surface area contributed by atoms with Crippen molar-refractivity contribution in [3.8, 4) is 0 Å². The zero-order chi connectivity index (χ0) is 45.0. The van der Waals surface area contributed by atoms with Crippen LogP contribution in [0.4, 0.5) is 0 Å². The number of nitrogens with zero attached hydrogens (tertiary/aromatic N) is 1. The number of nitrogens with one attached hydrogen (secondary N) is 1. The summed E-state index contributed by atoms with van der Waals surface area (Å²) in [6.07, 6.45) is 53.3. The first-order valence-corrected chi connectivity index (χ1v) is 28.1. The monoisotopic (exact) mass is 886 g/mol. The molecule has 8 nitrogen and oxygen atoms in total. The third-order valence-corrected chi connectivity index (χ3v) is 13.2. The van der Waals surface area contributed by atoms with Crippen LogP contribution < -0.4 is 5.32 Å². The first kappa shape index (κ1) is 60.2. The Morgan fingerprint density at radius 1 is 0.541 bits per heavy atom. The number of hydrogen-bond acceptors (Lipinski definition) is 5. The van der Waals surface area contributed by atoms with Gasteiger partial charge in [-0.3, -0.25) is 13.8 Å². The molecule has 0 radical (unpaired) electrons. The maximum Gasteiger partial charge on any atom is 0.472 e. The van der Waals surface area contributed by atoms with Gasteiger partial charge in [0.2, 0.25) is 5.91 Å². The highest BCUT2D eigenvalue weighted by atomic mass is 31.2. The third kappa shape index (κ3) is 47.0. The smallest absolute Gasteiger partial charge is 0.387 e. The van der Waals surface area contributed by atoms with Crippen molar-refractivity contribution < 1.29 is 32.9 Å². The zero-order valence-electron chi connectivity index (χ0n) is 41.4. The molecule has 364 valence electrons. The number of allylic oxidation sites excluding steroid dienone is 1. The number of carbonyl (C=O) groups is 1. The van der Waals surface area contributed by atoms with Crippen LogP contribution in [0.25, 0.3) is 0 Å². The molecule has 0 aromatic heterocycles. The number of aliphatic hydroxyl groups excluding tert-OH is 1. The molecule has 3 atom stereocenters. The van der Waals surface area contributed by atoms with Crippen LogP contribution in [-0.4, -0.2) is 73.4 Å². The average molecular weight is 886 g/mol. The minimum atomic E-state index is -4.33.